The van der Waals surface area contributed by atoms with Crippen molar-refractivity contribution in [2.75, 3.05) is 12.4 Å². The summed E-state index contributed by atoms with van der Waals surface area (Å²) in [5.41, 5.74) is 0.103. The van der Waals surface area contributed by atoms with Gasteiger partial charge in [0, 0.05) is 6.07 Å². The van der Waals surface area contributed by atoms with Crippen molar-refractivity contribution in [1.29, 1.82) is 0 Å². The molecule has 0 aliphatic rings. The summed E-state index contributed by atoms with van der Waals surface area (Å²) < 4.78 is 18.1. The maximum Gasteiger partial charge on any atom is 0.341 e. The Balaban J connectivity index is 2.08. The van der Waals surface area contributed by atoms with Crippen LogP contribution in [0.25, 0.3) is 0 Å². The monoisotopic (exact) mass is 393 g/mol. The summed E-state index contributed by atoms with van der Waals surface area (Å²) in [7, 11) is 1.15. The number of hydrogen-bond acceptors (Lipinski definition) is 5. The van der Waals surface area contributed by atoms with Gasteiger partial charge in [-0.25, -0.2) is 9.18 Å². The van der Waals surface area contributed by atoms with Crippen LogP contribution < -0.4 is 5.32 Å². The number of hydrogen-bond donors (Lipinski definition) is 3. The molecule has 0 saturated carbocycles. The van der Waals surface area contributed by atoms with Crippen LogP contribution in [0.2, 0.25) is 5.02 Å². The Kier molecular flexibility index (Phi) is 6.79. The Bertz CT molecular complexity index is 898. The van der Waals surface area contributed by atoms with Gasteiger partial charge in [0.05, 0.1) is 17.8 Å². The van der Waals surface area contributed by atoms with E-state index in [2.05, 4.69) is 10.1 Å². The van der Waals surface area contributed by atoms with E-state index in [4.69, 9.17) is 11.6 Å². The molecule has 0 aliphatic heterocycles. The molecule has 0 spiro atoms. The average molecular weight is 394 g/mol. The van der Waals surface area contributed by atoms with E-state index in [1.165, 1.54) is 30.4 Å². The Morgan fingerprint density at radius 2 is 1.96 bits per heavy atom. The maximum absolute atomic E-state index is 13.5. The van der Waals surface area contributed by atoms with E-state index in [0.717, 1.165) is 13.2 Å². The molecule has 0 aliphatic carbocycles. The lowest BCUT2D eigenvalue weighted by molar-refractivity contribution is -0.111. The van der Waals surface area contributed by atoms with Gasteiger partial charge in [0.1, 0.15) is 22.9 Å². The van der Waals surface area contributed by atoms with E-state index in [0.29, 0.717) is 0 Å². The molecule has 0 unspecified atom stereocenters. The molecule has 0 bridgehead atoms. The number of nitrogens with one attached hydrogen (secondary N) is 1. The summed E-state index contributed by atoms with van der Waals surface area (Å²) in [6.07, 6.45) is 3.11. The van der Waals surface area contributed by atoms with Gasteiger partial charge < -0.3 is 20.3 Å². The largest absolute Gasteiger partial charge is 0.507 e. The van der Waals surface area contributed by atoms with Crippen LogP contribution in [0.3, 0.4) is 0 Å². The van der Waals surface area contributed by atoms with Crippen molar-refractivity contribution in [3.63, 3.8) is 0 Å². The molecule has 3 N–H and O–H groups in total. The summed E-state index contributed by atoms with van der Waals surface area (Å²) >= 11 is 6.02. The number of anilines is 1. The number of amides is 1. The van der Waals surface area contributed by atoms with Crippen LogP contribution in [0, 0.1) is 5.82 Å². The molecule has 27 heavy (non-hydrogen) atoms. The highest BCUT2D eigenvalue weighted by atomic mass is 35.5. The SMILES string of the molecule is COC(=O)c1c(O)cc(O)c(Cl)c1CC/C=C/C(=O)Nc1ccccc1F. The molecule has 2 aromatic rings. The highest BCUT2D eigenvalue weighted by Crippen LogP contribution is 2.37. The summed E-state index contributed by atoms with van der Waals surface area (Å²) in [4.78, 5) is 23.7. The van der Waals surface area contributed by atoms with E-state index in [-0.39, 0.29) is 40.4 Å². The number of para-hydroxylation sites is 1. The predicted molar refractivity (Wildman–Crippen MR) is 98.6 cm³/mol. The molecule has 1 amide bonds. The molecule has 0 aromatic heterocycles. The van der Waals surface area contributed by atoms with Crippen LogP contribution in [0.5, 0.6) is 11.5 Å². The van der Waals surface area contributed by atoms with Gasteiger partial charge in [0.15, 0.2) is 0 Å². The number of benzene rings is 2. The molecule has 142 valence electrons. The van der Waals surface area contributed by atoms with E-state index >= 15 is 0 Å². The molecular weight excluding hydrogens is 377 g/mol. The number of phenols is 2. The lowest BCUT2D eigenvalue weighted by Crippen LogP contribution is -2.09. The van der Waals surface area contributed by atoms with Crippen LogP contribution >= 0.6 is 11.6 Å². The smallest absolute Gasteiger partial charge is 0.341 e. The Hall–Kier alpha value is -3.06. The number of methoxy groups -OCH3 is 1. The van der Waals surface area contributed by atoms with Gasteiger partial charge in [-0.3, -0.25) is 4.79 Å². The van der Waals surface area contributed by atoms with Gasteiger partial charge in [0.25, 0.3) is 0 Å². The molecule has 0 atom stereocenters. The summed E-state index contributed by atoms with van der Waals surface area (Å²) in [6.45, 7) is 0. The van der Waals surface area contributed by atoms with Gasteiger partial charge in [-0.05, 0) is 36.6 Å². The van der Waals surface area contributed by atoms with Gasteiger partial charge in [-0.1, -0.05) is 29.8 Å². The first-order chi connectivity index (χ1) is 12.8. The highest BCUT2D eigenvalue weighted by Gasteiger charge is 2.22. The first kappa shape index (κ1) is 20.3. The van der Waals surface area contributed by atoms with E-state index in [9.17, 15) is 24.2 Å². The second-order valence-electron chi connectivity index (χ2n) is 5.48. The van der Waals surface area contributed by atoms with Crippen molar-refractivity contribution in [1.82, 2.24) is 0 Å². The number of ether oxygens (including phenoxy) is 1. The molecule has 0 heterocycles. The van der Waals surface area contributed by atoms with Crippen LogP contribution in [0.4, 0.5) is 10.1 Å². The Morgan fingerprint density at radius 1 is 1.26 bits per heavy atom. The van der Waals surface area contributed by atoms with Crippen molar-refractivity contribution in [2.45, 2.75) is 12.8 Å². The third-order valence-corrected chi connectivity index (χ3v) is 4.09. The number of allylic oxidation sites excluding steroid dienone is 1. The zero-order chi connectivity index (χ0) is 20.0. The first-order valence-electron chi connectivity index (χ1n) is 7.88. The van der Waals surface area contributed by atoms with E-state index < -0.39 is 23.4 Å². The summed E-state index contributed by atoms with van der Waals surface area (Å²) in [6, 6.07) is 6.71. The van der Waals surface area contributed by atoms with Gasteiger partial charge in [-0.15, -0.1) is 0 Å². The summed E-state index contributed by atoms with van der Waals surface area (Å²) in [5, 5.41) is 21.9. The quantitative estimate of drug-likeness (QED) is 0.512. The number of aromatic hydroxyl groups is 2. The van der Waals surface area contributed by atoms with Crippen molar-refractivity contribution in [2.24, 2.45) is 0 Å². The van der Waals surface area contributed by atoms with Crippen molar-refractivity contribution < 1.29 is 28.9 Å². The number of phenolic OH excluding ortho intramolecular Hbond substituents is 2. The number of esters is 1. The lowest BCUT2D eigenvalue weighted by atomic mass is 10.0. The van der Waals surface area contributed by atoms with Crippen LogP contribution in [-0.4, -0.2) is 29.2 Å². The standard InChI is InChI=1S/C19H17ClFNO5/c1-27-19(26)17-11(18(20)15(24)10-14(17)23)6-2-5-9-16(25)22-13-8-4-3-7-12(13)21/h3-5,7-10,23-24H,2,6H2,1H3,(H,22,25)/b9-5+. The number of halogens is 2. The first-order valence-corrected chi connectivity index (χ1v) is 8.26. The van der Waals surface area contributed by atoms with E-state index in [1.54, 1.807) is 6.07 Å². The average Bonchev–Trinajstić information content (AvgIpc) is 2.63. The van der Waals surface area contributed by atoms with Crippen molar-refractivity contribution in [3.8, 4) is 11.5 Å². The third kappa shape index (κ3) is 4.98. The second-order valence-corrected chi connectivity index (χ2v) is 5.86. The van der Waals surface area contributed by atoms with E-state index in [1.807, 2.05) is 0 Å². The van der Waals surface area contributed by atoms with Gasteiger partial charge >= 0.3 is 5.97 Å². The van der Waals surface area contributed by atoms with Gasteiger partial charge in [0.2, 0.25) is 5.91 Å². The third-order valence-electron chi connectivity index (χ3n) is 3.67. The zero-order valence-corrected chi connectivity index (χ0v) is 15.1. The predicted octanol–water partition coefficient (Wildman–Crippen LogP) is 3.80. The Morgan fingerprint density at radius 3 is 2.63 bits per heavy atom. The topological polar surface area (TPSA) is 95.9 Å². The fourth-order valence-electron chi connectivity index (χ4n) is 2.40. The zero-order valence-electron chi connectivity index (χ0n) is 14.3. The minimum atomic E-state index is -0.800. The van der Waals surface area contributed by atoms with Gasteiger partial charge in [-0.2, -0.15) is 0 Å². The lowest BCUT2D eigenvalue weighted by Gasteiger charge is -2.12. The van der Waals surface area contributed by atoms with Crippen LogP contribution in [0.1, 0.15) is 22.3 Å². The molecule has 0 fully saturated rings. The normalized spacial score (nSPS) is 10.8. The fraction of sp³-hybridized carbons (Fsp3) is 0.158. The number of carbonyl (C=O) groups excluding carboxylic acids is 2. The van der Waals surface area contributed by atoms with Crippen molar-refractivity contribution >= 4 is 29.2 Å². The molecule has 0 saturated heterocycles. The minimum absolute atomic E-state index is 0.0566. The molecule has 0 radical (unpaired) electrons. The molecule has 8 heteroatoms. The second kappa shape index (κ2) is 9.05. The van der Waals surface area contributed by atoms with Crippen LogP contribution in [-0.2, 0) is 16.0 Å². The fourth-order valence-corrected chi connectivity index (χ4v) is 2.65. The van der Waals surface area contributed by atoms with Crippen LogP contribution in [0.15, 0.2) is 42.5 Å². The number of carbonyl (C=O) groups is 2. The Labute approximate surface area is 159 Å². The molecule has 2 aromatic carbocycles. The summed E-state index contributed by atoms with van der Waals surface area (Å²) in [5.74, 6) is -2.72. The minimum Gasteiger partial charge on any atom is -0.507 e. The number of rotatable bonds is 6. The molecule has 2 rings (SSSR count). The van der Waals surface area contributed by atoms with Crippen molar-refractivity contribution in [3.05, 3.63) is 64.5 Å². The maximum atomic E-state index is 13.5. The molecular formula is C19H17ClFNO5. The highest BCUT2D eigenvalue weighted by molar-refractivity contribution is 6.33. The molecule has 6 nitrogen and oxygen atoms in total.